The van der Waals surface area contributed by atoms with E-state index in [1.165, 1.54) is 0 Å². The molecule has 1 aromatic heterocycles. The standard InChI is InChI=1S/C14H23N3O2/c1-5-9-15-10(3)12(6-2)13-7-8-14(17(18)19)11(4)16-13/h7-8,10,12,15H,5-6,9H2,1-4H3. The molecule has 2 atom stereocenters. The minimum atomic E-state index is -0.383. The topological polar surface area (TPSA) is 68.1 Å². The van der Waals surface area contributed by atoms with Crippen LogP contribution in [0.25, 0.3) is 0 Å². The zero-order valence-corrected chi connectivity index (χ0v) is 12.1. The molecule has 5 nitrogen and oxygen atoms in total. The lowest BCUT2D eigenvalue weighted by atomic mass is 9.93. The summed E-state index contributed by atoms with van der Waals surface area (Å²) in [7, 11) is 0. The predicted molar refractivity (Wildman–Crippen MR) is 76.4 cm³/mol. The summed E-state index contributed by atoms with van der Waals surface area (Å²) in [6.07, 6.45) is 2.05. The molecule has 0 saturated carbocycles. The van der Waals surface area contributed by atoms with E-state index in [2.05, 4.69) is 31.1 Å². The van der Waals surface area contributed by atoms with Crippen LogP contribution < -0.4 is 5.32 Å². The molecule has 106 valence electrons. The van der Waals surface area contributed by atoms with Crippen molar-refractivity contribution < 1.29 is 4.92 Å². The molecule has 1 rings (SSSR count). The fourth-order valence-electron chi connectivity index (χ4n) is 2.31. The van der Waals surface area contributed by atoms with Crippen molar-refractivity contribution in [1.82, 2.24) is 10.3 Å². The van der Waals surface area contributed by atoms with Crippen LogP contribution in [0.5, 0.6) is 0 Å². The molecule has 2 unspecified atom stereocenters. The normalized spacial score (nSPS) is 14.1. The fourth-order valence-corrected chi connectivity index (χ4v) is 2.31. The monoisotopic (exact) mass is 265 g/mol. The Hall–Kier alpha value is -1.49. The van der Waals surface area contributed by atoms with Gasteiger partial charge in [-0.25, -0.2) is 0 Å². The first-order valence-corrected chi connectivity index (χ1v) is 6.86. The average molecular weight is 265 g/mol. The maximum atomic E-state index is 10.8. The number of nitrogens with one attached hydrogen (secondary N) is 1. The summed E-state index contributed by atoms with van der Waals surface area (Å²) in [5.74, 6) is 0.283. The third-order valence-electron chi connectivity index (χ3n) is 3.42. The predicted octanol–water partition coefficient (Wildman–Crippen LogP) is 3.18. The van der Waals surface area contributed by atoms with Crippen molar-refractivity contribution in [2.24, 2.45) is 0 Å². The molecule has 5 heteroatoms. The van der Waals surface area contributed by atoms with Gasteiger partial charge in [0.15, 0.2) is 0 Å². The van der Waals surface area contributed by atoms with Crippen LogP contribution in [0.3, 0.4) is 0 Å². The molecule has 1 N–H and O–H groups in total. The maximum Gasteiger partial charge on any atom is 0.290 e. The van der Waals surface area contributed by atoms with E-state index in [-0.39, 0.29) is 16.5 Å². The van der Waals surface area contributed by atoms with Crippen LogP contribution in [0.2, 0.25) is 0 Å². The van der Waals surface area contributed by atoms with Gasteiger partial charge >= 0.3 is 0 Å². The number of hydrogen-bond donors (Lipinski definition) is 1. The van der Waals surface area contributed by atoms with E-state index >= 15 is 0 Å². The number of nitro groups is 1. The first kappa shape index (κ1) is 15.6. The van der Waals surface area contributed by atoms with Gasteiger partial charge in [0.05, 0.1) is 4.92 Å². The van der Waals surface area contributed by atoms with Gasteiger partial charge in [0.25, 0.3) is 5.69 Å². The SMILES string of the molecule is CCCNC(C)C(CC)c1ccc([N+](=O)[O-])c(C)n1. The van der Waals surface area contributed by atoms with E-state index in [1.807, 2.05) is 0 Å². The zero-order valence-electron chi connectivity index (χ0n) is 12.1. The highest BCUT2D eigenvalue weighted by atomic mass is 16.6. The summed E-state index contributed by atoms with van der Waals surface area (Å²) in [5, 5.41) is 14.3. The quantitative estimate of drug-likeness (QED) is 0.607. The summed E-state index contributed by atoms with van der Waals surface area (Å²) in [6.45, 7) is 9.06. The first-order valence-electron chi connectivity index (χ1n) is 6.86. The van der Waals surface area contributed by atoms with Crippen LogP contribution in [0.4, 0.5) is 5.69 Å². The molecule has 0 amide bonds. The summed E-state index contributed by atoms with van der Waals surface area (Å²) >= 11 is 0. The van der Waals surface area contributed by atoms with Crippen molar-refractivity contribution in [1.29, 1.82) is 0 Å². The Morgan fingerprint density at radius 3 is 2.58 bits per heavy atom. The molecule has 0 radical (unpaired) electrons. The zero-order chi connectivity index (χ0) is 14.4. The molecular formula is C14H23N3O2. The highest BCUT2D eigenvalue weighted by molar-refractivity contribution is 5.36. The van der Waals surface area contributed by atoms with Crippen LogP contribution in [-0.2, 0) is 0 Å². The molecule has 0 aliphatic carbocycles. The van der Waals surface area contributed by atoms with Gasteiger partial charge in [-0.2, -0.15) is 0 Å². The summed E-state index contributed by atoms with van der Waals surface area (Å²) < 4.78 is 0. The average Bonchev–Trinajstić information content (AvgIpc) is 2.36. The lowest BCUT2D eigenvalue weighted by Crippen LogP contribution is -2.33. The van der Waals surface area contributed by atoms with Crippen LogP contribution in [0.1, 0.15) is 50.9 Å². The van der Waals surface area contributed by atoms with Crippen molar-refractivity contribution in [2.45, 2.75) is 52.5 Å². The smallest absolute Gasteiger partial charge is 0.290 e. The molecule has 1 aromatic rings. The second-order valence-electron chi connectivity index (χ2n) is 4.86. The molecule has 0 saturated heterocycles. The van der Waals surface area contributed by atoms with Gasteiger partial charge in [0.2, 0.25) is 0 Å². The first-order chi connectivity index (χ1) is 9.01. The Morgan fingerprint density at radius 2 is 2.11 bits per heavy atom. The van der Waals surface area contributed by atoms with E-state index in [9.17, 15) is 10.1 Å². The number of pyridine rings is 1. The lowest BCUT2D eigenvalue weighted by Gasteiger charge is -2.23. The minimum absolute atomic E-state index is 0.0905. The second kappa shape index (κ2) is 7.19. The molecule has 0 aliphatic heterocycles. The number of rotatable bonds is 7. The highest BCUT2D eigenvalue weighted by Crippen LogP contribution is 2.25. The molecule has 0 fully saturated rings. The number of aromatic nitrogens is 1. The summed E-state index contributed by atoms with van der Waals surface area (Å²) in [5.41, 5.74) is 1.51. The van der Waals surface area contributed by atoms with Gasteiger partial charge in [-0.1, -0.05) is 13.8 Å². The van der Waals surface area contributed by atoms with E-state index < -0.39 is 0 Å². The Balaban J connectivity index is 2.93. The fraction of sp³-hybridized carbons (Fsp3) is 0.643. The highest BCUT2D eigenvalue weighted by Gasteiger charge is 2.21. The van der Waals surface area contributed by atoms with Gasteiger partial charge in [-0.05, 0) is 39.3 Å². The van der Waals surface area contributed by atoms with Crippen LogP contribution in [-0.4, -0.2) is 22.5 Å². The van der Waals surface area contributed by atoms with Crippen LogP contribution >= 0.6 is 0 Å². The maximum absolute atomic E-state index is 10.8. The number of hydrogen-bond acceptors (Lipinski definition) is 4. The van der Waals surface area contributed by atoms with Gasteiger partial charge in [-0.3, -0.25) is 15.1 Å². The van der Waals surface area contributed by atoms with Crippen LogP contribution in [0, 0.1) is 17.0 Å². The van der Waals surface area contributed by atoms with E-state index in [1.54, 1.807) is 19.1 Å². The van der Waals surface area contributed by atoms with Gasteiger partial charge in [0, 0.05) is 23.7 Å². The third kappa shape index (κ3) is 3.99. The molecule has 19 heavy (non-hydrogen) atoms. The van der Waals surface area contributed by atoms with Gasteiger partial charge < -0.3 is 5.32 Å². The van der Waals surface area contributed by atoms with Crippen molar-refractivity contribution in [3.05, 3.63) is 33.6 Å². The molecule has 0 aromatic carbocycles. The van der Waals surface area contributed by atoms with Gasteiger partial charge in [-0.15, -0.1) is 0 Å². The van der Waals surface area contributed by atoms with Crippen molar-refractivity contribution in [3.63, 3.8) is 0 Å². The van der Waals surface area contributed by atoms with Crippen molar-refractivity contribution >= 4 is 5.69 Å². The van der Waals surface area contributed by atoms with E-state index in [0.29, 0.717) is 11.7 Å². The molecule has 1 heterocycles. The van der Waals surface area contributed by atoms with E-state index in [0.717, 1.165) is 25.1 Å². The Labute approximate surface area is 114 Å². The van der Waals surface area contributed by atoms with Crippen molar-refractivity contribution in [2.75, 3.05) is 6.54 Å². The number of aryl methyl sites for hydroxylation is 1. The Kier molecular flexibility index (Phi) is 5.89. The van der Waals surface area contributed by atoms with Crippen LogP contribution in [0.15, 0.2) is 12.1 Å². The Morgan fingerprint density at radius 1 is 1.42 bits per heavy atom. The third-order valence-corrected chi connectivity index (χ3v) is 3.42. The van der Waals surface area contributed by atoms with Crippen molar-refractivity contribution in [3.8, 4) is 0 Å². The van der Waals surface area contributed by atoms with Gasteiger partial charge in [0.1, 0.15) is 5.69 Å². The summed E-state index contributed by atoms with van der Waals surface area (Å²) in [4.78, 5) is 14.8. The number of nitrogens with zero attached hydrogens (tertiary/aromatic N) is 2. The molecule has 0 spiro atoms. The lowest BCUT2D eigenvalue weighted by molar-refractivity contribution is -0.385. The molecular weight excluding hydrogens is 242 g/mol. The second-order valence-corrected chi connectivity index (χ2v) is 4.86. The molecule has 0 aliphatic rings. The minimum Gasteiger partial charge on any atom is -0.314 e. The Bertz CT molecular complexity index is 435. The largest absolute Gasteiger partial charge is 0.314 e. The van der Waals surface area contributed by atoms with E-state index in [4.69, 9.17) is 0 Å². The molecule has 0 bridgehead atoms. The summed E-state index contributed by atoms with van der Waals surface area (Å²) in [6, 6.07) is 3.66.